The van der Waals surface area contributed by atoms with Crippen molar-refractivity contribution in [1.29, 1.82) is 0 Å². The van der Waals surface area contributed by atoms with Gasteiger partial charge in [0.2, 0.25) is 0 Å². The first-order chi connectivity index (χ1) is 41.3. The molecule has 22 heteroatoms. The van der Waals surface area contributed by atoms with Gasteiger partial charge in [-0.3, -0.25) is 0 Å². The molecule has 0 aliphatic carbocycles. The summed E-state index contributed by atoms with van der Waals surface area (Å²) in [5.41, 5.74) is 0. The summed E-state index contributed by atoms with van der Waals surface area (Å²) in [5, 5.41) is 7.98. The zero-order valence-corrected chi connectivity index (χ0v) is 69.8. The van der Waals surface area contributed by atoms with Crippen molar-refractivity contribution in [3.8, 4) is 0 Å². The van der Waals surface area contributed by atoms with Crippen LogP contribution < -0.4 is 36.3 Å². The predicted molar refractivity (Wildman–Crippen MR) is 406 cm³/mol. The van der Waals surface area contributed by atoms with Crippen LogP contribution in [0.5, 0.6) is 0 Å². The third kappa shape index (κ3) is 20.0. The van der Waals surface area contributed by atoms with Crippen molar-refractivity contribution in [2.75, 3.05) is 0 Å². The third-order valence-corrected chi connectivity index (χ3v) is 63.1. The van der Waals surface area contributed by atoms with E-state index in [1.807, 2.05) is 0 Å². The number of hydrogen-bond acceptors (Lipinski definition) is 9. The summed E-state index contributed by atoms with van der Waals surface area (Å²) in [6, 6.07) is 80.8. The zero-order valence-electron chi connectivity index (χ0n) is 56.4. The second kappa shape index (κ2) is 30.8. The molecule has 0 amide bonds. The molecular weight excluding hydrogens is 1300 g/mol. The Morgan fingerprint density at radius 3 is 0.523 bits per heavy atom. The van der Waals surface area contributed by atoms with Crippen molar-refractivity contribution in [3.05, 3.63) is 212 Å². The van der Waals surface area contributed by atoms with E-state index in [4.69, 9.17) is 37.0 Å². The maximum Gasteiger partial charge on any atom is 0.505 e. The highest BCUT2D eigenvalue weighted by Crippen LogP contribution is 2.36. The van der Waals surface area contributed by atoms with Gasteiger partial charge in [0, 0.05) is 5.19 Å². The SMILES string of the molecule is C[SiH](C)O[Si](O[Si](C)(C)CC[Si](C)(C)O[Si](O[Si](C)(C)CC[Si](C)(C)O[Si](O[SiH](C)C)(c1ccccc1)c1ccccc1)(O[Si](C)(C)CC[Si](C)(C)O[Si](O[SiH](C)C)(c1ccccc1)c1ccccc1)c1ccccc1)(c1ccccc1)c1ccccc1. The van der Waals surface area contributed by atoms with E-state index in [-0.39, 0.29) is 0 Å². The smallest absolute Gasteiger partial charge is 0.433 e. The first kappa shape index (κ1) is 72.4. The molecule has 0 bridgehead atoms. The molecule has 0 fully saturated rings. The Morgan fingerprint density at radius 2 is 0.364 bits per heavy atom. The Balaban J connectivity index is 1.26. The van der Waals surface area contributed by atoms with Crippen LogP contribution in [0.1, 0.15) is 0 Å². The van der Waals surface area contributed by atoms with Crippen molar-refractivity contribution in [2.24, 2.45) is 0 Å². The standard InChI is InChI=1S/C66H104O9Si13/c1-76(2)67-85(60-40-26-19-27-41-60,61-42-28-20-29-43-61)70-79(7,8)54-57-82(13,14)73-88(66-52-38-25-39-53-66,74-83(15,16)58-55-80(9,10)71-86(68-77(3)4,62-44-30-21-31-45-62)63-46-32-22-33-47-63)75-84(17,18)59-56-81(11,12)72-87(69-78(5)6,64-48-34-23-35-49-64)65-50-36-24-37-51-65/h19-53,76-78H,54-59H2,1-18H3. The fourth-order valence-corrected chi connectivity index (χ4v) is 70.9. The summed E-state index contributed by atoms with van der Waals surface area (Å²) in [6.45, 7) is 42.3. The van der Waals surface area contributed by atoms with Gasteiger partial charge in [-0.1, -0.05) is 212 Å². The molecule has 9 nitrogen and oxygen atoms in total. The maximum absolute atomic E-state index is 8.19. The third-order valence-electron chi connectivity index (χ3n) is 15.7. The minimum atomic E-state index is -3.81. The van der Waals surface area contributed by atoms with E-state index in [2.05, 4.69) is 330 Å². The van der Waals surface area contributed by atoms with Crippen LogP contribution in [0, 0.1) is 0 Å². The number of benzene rings is 7. The van der Waals surface area contributed by atoms with Crippen LogP contribution in [-0.4, -0.2) is 112 Å². The van der Waals surface area contributed by atoms with E-state index in [0.717, 1.165) is 72.6 Å². The largest absolute Gasteiger partial charge is 0.505 e. The predicted octanol–water partition coefficient (Wildman–Crippen LogP) is 12.9. The minimum absolute atomic E-state index is 0.870. The molecule has 0 saturated heterocycles. The van der Waals surface area contributed by atoms with Crippen LogP contribution >= 0.6 is 0 Å². The molecule has 0 aromatic heterocycles. The molecule has 0 aliphatic heterocycles. The first-order valence-electron chi connectivity index (χ1n) is 32.0. The van der Waals surface area contributed by atoms with Crippen molar-refractivity contribution < 1.29 is 37.0 Å². The Morgan fingerprint density at radius 1 is 0.216 bits per heavy atom. The fourth-order valence-electron chi connectivity index (χ4n) is 11.5. The molecular formula is C66H104O9Si13. The summed E-state index contributed by atoms with van der Waals surface area (Å²) < 4.78 is 70.0. The molecule has 0 spiro atoms. The van der Waals surface area contributed by atoms with Crippen molar-refractivity contribution in [2.45, 2.75) is 154 Å². The van der Waals surface area contributed by atoms with Crippen LogP contribution in [0.2, 0.25) is 154 Å². The molecule has 0 atom stereocenters. The average molecular weight is 1410 g/mol. The molecule has 7 aromatic carbocycles. The normalized spacial score (nSPS) is 13.6. The van der Waals surface area contributed by atoms with Crippen LogP contribution in [0.25, 0.3) is 0 Å². The van der Waals surface area contributed by atoms with E-state index in [1.165, 1.54) is 0 Å². The zero-order chi connectivity index (χ0) is 64.1. The van der Waals surface area contributed by atoms with Gasteiger partial charge in [0.05, 0.1) is 0 Å². The van der Waals surface area contributed by atoms with Gasteiger partial charge < -0.3 is 37.0 Å². The molecule has 0 aliphatic rings. The lowest BCUT2D eigenvalue weighted by atomic mass is 10.4. The highest BCUT2D eigenvalue weighted by molar-refractivity contribution is 7.03. The summed E-state index contributed by atoms with van der Waals surface area (Å²) >= 11 is 0. The van der Waals surface area contributed by atoms with Crippen molar-refractivity contribution in [3.63, 3.8) is 0 Å². The monoisotopic (exact) mass is 1400 g/mol. The topological polar surface area (TPSA) is 83.1 Å². The van der Waals surface area contributed by atoms with Crippen LogP contribution in [-0.2, 0) is 37.0 Å². The second-order valence-electron chi connectivity index (χ2n) is 28.1. The van der Waals surface area contributed by atoms with Gasteiger partial charge in [0.15, 0.2) is 77.0 Å². The Hall–Kier alpha value is -3.00. The highest BCUT2D eigenvalue weighted by Gasteiger charge is 2.57. The van der Waals surface area contributed by atoms with Gasteiger partial charge in [0.1, 0.15) is 0 Å². The maximum atomic E-state index is 8.19. The van der Waals surface area contributed by atoms with E-state index in [1.54, 1.807) is 0 Å². The molecule has 0 unspecified atom stereocenters. The van der Waals surface area contributed by atoms with Gasteiger partial charge in [-0.05, 0) is 185 Å². The van der Waals surface area contributed by atoms with Crippen LogP contribution in [0.4, 0.5) is 0 Å². The molecule has 0 radical (unpaired) electrons. The quantitative estimate of drug-likeness (QED) is 0.0366. The lowest BCUT2D eigenvalue weighted by molar-refractivity contribution is 0.268. The number of hydrogen-bond donors (Lipinski definition) is 0. The molecule has 88 heavy (non-hydrogen) atoms. The molecule has 0 saturated carbocycles. The summed E-state index contributed by atoms with van der Waals surface area (Å²) in [4.78, 5) is 0. The second-order valence-corrected chi connectivity index (χ2v) is 75.1. The molecule has 0 heterocycles. The molecule has 7 rings (SSSR count). The van der Waals surface area contributed by atoms with Crippen molar-refractivity contribution in [1.82, 2.24) is 0 Å². The number of rotatable bonds is 34. The van der Waals surface area contributed by atoms with Gasteiger partial charge in [-0.2, -0.15) is 0 Å². The highest BCUT2D eigenvalue weighted by atomic mass is 28.5. The summed E-state index contributed by atoms with van der Waals surface area (Å²) in [6.07, 6.45) is 0. The summed E-state index contributed by atoms with van der Waals surface area (Å²) in [7, 11) is -33.7. The Kier molecular flexibility index (Phi) is 25.4. The fraction of sp³-hybridized carbons (Fsp3) is 0.364. The molecule has 7 aromatic rings. The summed E-state index contributed by atoms with van der Waals surface area (Å²) in [5.74, 6) is 0. The van der Waals surface area contributed by atoms with E-state index >= 15 is 0 Å². The van der Waals surface area contributed by atoms with Crippen LogP contribution in [0.15, 0.2) is 212 Å². The van der Waals surface area contributed by atoms with Crippen LogP contribution in [0.3, 0.4) is 0 Å². The van der Waals surface area contributed by atoms with E-state index in [0.29, 0.717) is 0 Å². The van der Waals surface area contributed by atoms with Gasteiger partial charge in [0.25, 0.3) is 0 Å². The Bertz CT molecular complexity index is 2760. The van der Waals surface area contributed by atoms with Crippen molar-refractivity contribution >= 4 is 148 Å². The Labute approximate surface area is 547 Å². The van der Waals surface area contributed by atoms with E-state index in [9.17, 15) is 0 Å². The minimum Gasteiger partial charge on any atom is -0.433 e. The molecule has 474 valence electrons. The first-order valence-corrected chi connectivity index (χ1v) is 66.2. The lowest BCUT2D eigenvalue weighted by Crippen LogP contribution is -2.70. The lowest BCUT2D eigenvalue weighted by Gasteiger charge is -2.46. The molecule has 0 N–H and O–H groups in total. The van der Waals surface area contributed by atoms with Gasteiger partial charge in [-0.25, -0.2) is 0 Å². The average Bonchev–Trinajstić information content (AvgIpc) is 2.06. The van der Waals surface area contributed by atoms with Gasteiger partial charge in [-0.15, -0.1) is 0 Å². The van der Waals surface area contributed by atoms with Gasteiger partial charge >= 0.3 is 34.5 Å². The van der Waals surface area contributed by atoms with E-state index < -0.39 is 112 Å².